The van der Waals surface area contributed by atoms with Gasteiger partial charge < -0.3 is 9.88 Å². The lowest BCUT2D eigenvalue weighted by atomic mass is 10.1. The molecular formula is C14H17N3O. The molecule has 0 amide bonds. The molecule has 0 saturated carbocycles. The number of benzene rings is 1. The lowest BCUT2D eigenvalue weighted by Crippen LogP contribution is -2.29. The molecule has 1 atom stereocenters. The third-order valence-electron chi connectivity index (χ3n) is 3.65. The molecule has 2 heterocycles. The summed E-state index contributed by atoms with van der Waals surface area (Å²) in [5.74, 6) is 0. The standard InChI is InChI=1S/C14H17N3O/c1-9(2)16-7-10(3)17-13-11(8-16)5-4-6-12(13)15-14(17)18/h4-6,10H,1,7-8H2,2-3H3,(H,15,18). The van der Waals surface area contributed by atoms with E-state index < -0.39 is 0 Å². The Balaban J connectivity index is 2.29. The molecule has 1 aliphatic rings. The third kappa shape index (κ3) is 1.49. The summed E-state index contributed by atoms with van der Waals surface area (Å²) in [6.07, 6.45) is 0. The van der Waals surface area contributed by atoms with Crippen molar-refractivity contribution in [1.82, 2.24) is 14.5 Å². The molecule has 1 aliphatic heterocycles. The van der Waals surface area contributed by atoms with Gasteiger partial charge in [-0.25, -0.2) is 4.79 Å². The number of hydrogen-bond acceptors (Lipinski definition) is 2. The predicted molar refractivity (Wildman–Crippen MR) is 72.5 cm³/mol. The smallest absolute Gasteiger partial charge is 0.326 e. The van der Waals surface area contributed by atoms with Crippen LogP contribution in [-0.2, 0) is 6.54 Å². The van der Waals surface area contributed by atoms with Gasteiger partial charge in [0.1, 0.15) is 0 Å². The van der Waals surface area contributed by atoms with E-state index in [2.05, 4.69) is 29.5 Å². The summed E-state index contributed by atoms with van der Waals surface area (Å²) >= 11 is 0. The quantitative estimate of drug-likeness (QED) is 0.834. The van der Waals surface area contributed by atoms with Gasteiger partial charge in [0.15, 0.2) is 0 Å². The van der Waals surface area contributed by atoms with Crippen molar-refractivity contribution in [1.29, 1.82) is 0 Å². The topological polar surface area (TPSA) is 41.0 Å². The minimum Gasteiger partial charge on any atom is -0.369 e. The van der Waals surface area contributed by atoms with Crippen molar-refractivity contribution >= 4 is 11.0 Å². The number of H-pyrrole nitrogens is 1. The summed E-state index contributed by atoms with van der Waals surface area (Å²) in [5, 5.41) is 0. The molecule has 1 aromatic heterocycles. The van der Waals surface area contributed by atoms with Crippen molar-refractivity contribution in [2.75, 3.05) is 6.54 Å². The van der Waals surface area contributed by atoms with Gasteiger partial charge in [-0.05, 0) is 25.5 Å². The average molecular weight is 243 g/mol. The molecule has 1 unspecified atom stereocenters. The van der Waals surface area contributed by atoms with Crippen molar-refractivity contribution in [3.8, 4) is 0 Å². The first-order valence-electron chi connectivity index (χ1n) is 6.20. The molecule has 4 heteroatoms. The van der Waals surface area contributed by atoms with E-state index in [4.69, 9.17) is 0 Å². The second kappa shape index (κ2) is 3.77. The van der Waals surface area contributed by atoms with Crippen LogP contribution >= 0.6 is 0 Å². The van der Waals surface area contributed by atoms with Crippen LogP contribution in [0.4, 0.5) is 0 Å². The molecule has 0 saturated heterocycles. The monoisotopic (exact) mass is 243 g/mol. The molecule has 0 radical (unpaired) electrons. The van der Waals surface area contributed by atoms with Gasteiger partial charge in [0.05, 0.1) is 17.1 Å². The summed E-state index contributed by atoms with van der Waals surface area (Å²) < 4.78 is 1.87. The van der Waals surface area contributed by atoms with Crippen molar-refractivity contribution in [2.45, 2.75) is 26.4 Å². The number of rotatable bonds is 1. The predicted octanol–water partition coefficient (Wildman–Crippen LogP) is 2.24. The summed E-state index contributed by atoms with van der Waals surface area (Å²) in [6.45, 7) is 9.74. The number of aromatic nitrogens is 2. The Morgan fingerprint density at radius 2 is 2.28 bits per heavy atom. The number of hydrogen-bond donors (Lipinski definition) is 1. The minimum absolute atomic E-state index is 0.0199. The van der Waals surface area contributed by atoms with Gasteiger partial charge in [-0.15, -0.1) is 0 Å². The van der Waals surface area contributed by atoms with Crippen LogP contribution in [0.5, 0.6) is 0 Å². The maximum Gasteiger partial charge on any atom is 0.326 e. The number of nitrogens with one attached hydrogen (secondary N) is 1. The Kier molecular flexibility index (Phi) is 2.33. The molecular weight excluding hydrogens is 226 g/mol. The number of para-hydroxylation sites is 1. The van der Waals surface area contributed by atoms with Crippen LogP contribution in [0.25, 0.3) is 11.0 Å². The van der Waals surface area contributed by atoms with Crippen molar-refractivity contribution in [3.05, 3.63) is 46.5 Å². The van der Waals surface area contributed by atoms with E-state index in [1.165, 1.54) is 5.56 Å². The SMILES string of the molecule is C=C(C)N1Cc2cccc3[nH]c(=O)n(c23)C(C)C1. The van der Waals surface area contributed by atoms with Crippen LogP contribution in [-0.4, -0.2) is 21.0 Å². The first-order valence-corrected chi connectivity index (χ1v) is 6.20. The average Bonchev–Trinajstić information content (AvgIpc) is 2.55. The van der Waals surface area contributed by atoms with Gasteiger partial charge in [-0.1, -0.05) is 18.7 Å². The van der Waals surface area contributed by atoms with Crippen molar-refractivity contribution < 1.29 is 0 Å². The largest absolute Gasteiger partial charge is 0.369 e. The molecule has 1 aromatic carbocycles. The fourth-order valence-electron chi connectivity index (χ4n) is 2.76. The van der Waals surface area contributed by atoms with Gasteiger partial charge in [0.2, 0.25) is 0 Å². The first-order chi connectivity index (χ1) is 8.58. The van der Waals surface area contributed by atoms with E-state index in [-0.39, 0.29) is 11.7 Å². The van der Waals surface area contributed by atoms with Gasteiger partial charge >= 0.3 is 5.69 Å². The fourth-order valence-corrected chi connectivity index (χ4v) is 2.76. The number of imidazole rings is 1. The van der Waals surface area contributed by atoms with Crippen LogP contribution in [0.15, 0.2) is 35.3 Å². The molecule has 4 nitrogen and oxygen atoms in total. The highest BCUT2D eigenvalue weighted by molar-refractivity contribution is 5.79. The second-order valence-corrected chi connectivity index (χ2v) is 5.08. The molecule has 0 aliphatic carbocycles. The van der Waals surface area contributed by atoms with Crippen LogP contribution in [0.1, 0.15) is 25.5 Å². The van der Waals surface area contributed by atoms with Crippen molar-refractivity contribution in [2.24, 2.45) is 0 Å². The summed E-state index contributed by atoms with van der Waals surface area (Å²) in [4.78, 5) is 17.2. The van der Waals surface area contributed by atoms with Crippen LogP contribution < -0.4 is 5.69 Å². The molecule has 2 aromatic rings. The van der Waals surface area contributed by atoms with Crippen LogP contribution in [0.2, 0.25) is 0 Å². The molecule has 1 N–H and O–H groups in total. The molecule has 0 spiro atoms. The third-order valence-corrected chi connectivity index (χ3v) is 3.65. The van der Waals surface area contributed by atoms with Gasteiger partial charge in [-0.2, -0.15) is 0 Å². The first kappa shape index (κ1) is 11.1. The lowest BCUT2D eigenvalue weighted by molar-refractivity contribution is 0.299. The molecule has 18 heavy (non-hydrogen) atoms. The maximum absolute atomic E-state index is 12.1. The zero-order valence-corrected chi connectivity index (χ0v) is 10.7. The van der Waals surface area contributed by atoms with Gasteiger partial charge in [0.25, 0.3) is 0 Å². The van der Waals surface area contributed by atoms with E-state index >= 15 is 0 Å². The summed E-state index contributed by atoms with van der Waals surface area (Å²) in [6, 6.07) is 6.18. The number of nitrogens with zero attached hydrogens (tertiary/aromatic N) is 2. The van der Waals surface area contributed by atoms with Gasteiger partial charge in [-0.3, -0.25) is 4.57 Å². The van der Waals surface area contributed by atoms with Crippen LogP contribution in [0, 0.1) is 0 Å². The minimum atomic E-state index is -0.0199. The molecule has 3 rings (SSSR count). The number of allylic oxidation sites excluding steroid dienone is 1. The Labute approximate surface area is 106 Å². The summed E-state index contributed by atoms with van der Waals surface area (Å²) in [7, 11) is 0. The Hall–Kier alpha value is -1.97. The molecule has 94 valence electrons. The summed E-state index contributed by atoms with van der Waals surface area (Å²) in [5.41, 5.74) is 4.17. The maximum atomic E-state index is 12.1. The highest BCUT2D eigenvalue weighted by Crippen LogP contribution is 2.26. The lowest BCUT2D eigenvalue weighted by Gasteiger charge is -2.25. The normalized spacial score (nSPS) is 19.0. The molecule has 0 bridgehead atoms. The molecule has 0 fully saturated rings. The van der Waals surface area contributed by atoms with E-state index in [9.17, 15) is 4.79 Å². The van der Waals surface area contributed by atoms with Gasteiger partial charge in [0, 0.05) is 18.8 Å². The van der Waals surface area contributed by atoms with E-state index in [1.54, 1.807) is 0 Å². The zero-order chi connectivity index (χ0) is 12.9. The van der Waals surface area contributed by atoms with E-state index in [0.717, 1.165) is 29.8 Å². The highest BCUT2D eigenvalue weighted by atomic mass is 16.1. The number of aromatic amines is 1. The van der Waals surface area contributed by atoms with Crippen LogP contribution in [0.3, 0.4) is 0 Å². The highest BCUT2D eigenvalue weighted by Gasteiger charge is 2.22. The second-order valence-electron chi connectivity index (χ2n) is 5.08. The zero-order valence-electron chi connectivity index (χ0n) is 10.7. The fraction of sp³-hybridized carbons (Fsp3) is 0.357. The van der Waals surface area contributed by atoms with E-state index in [0.29, 0.717) is 0 Å². The van der Waals surface area contributed by atoms with E-state index in [1.807, 2.05) is 23.6 Å². The Morgan fingerprint density at radius 3 is 3.00 bits per heavy atom. The Morgan fingerprint density at radius 1 is 1.50 bits per heavy atom. The van der Waals surface area contributed by atoms with Crippen molar-refractivity contribution in [3.63, 3.8) is 0 Å². The Bertz CT molecular complexity index is 680.